The van der Waals surface area contributed by atoms with Crippen LogP contribution in [-0.2, 0) is 0 Å². The standard InChI is InChI=1S/C22H18ClN5O5/c23-16-3-1-15(11-18(16)28(30)31)22(29)27-9-7-26(8-10-27)21-6-4-17(24-25-21)14-2-5-19-20(12-14)33-13-32-19/h1-6,11-12H,7-10,13H2. The molecule has 11 heteroatoms. The zero-order chi connectivity index (χ0) is 22.9. The molecule has 5 rings (SSSR count). The fraction of sp³-hybridized carbons (Fsp3) is 0.227. The summed E-state index contributed by atoms with van der Waals surface area (Å²) in [4.78, 5) is 27.0. The van der Waals surface area contributed by atoms with Crippen molar-refractivity contribution in [3.63, 3.8) is 0 Å². The largest absolute Gasteiger partial charge is 0.454 e. The number of piperazine rings is 1. The lowest BCUT2D eigenvalue weighted by Gasteiger charge is -2.35. The lowest BCUT2D eigenvalue weighted by Crippen LogP contribution is -2.49. The third kappa shape index (κ3) is 4.12. The van der Waals surface area contributed by atoms with Gasteiger partial charge in [-0.25, -0.2) is 0 Å². The number of ether oxygens (including phenoxy) is 2. The monoisotopic (exact) mass is 467 g/mol. The molecule has 0 aliphatic carbocycles. The number of fused-ring (bicyclic) bond motifs is 1. The van der Waals surface area contributed by atoms with Crippen molar-refractivity contribution in [3.05, 3.63) is 69.2 Å². The maximum atomic E-state index is 12.8. The van der Waals surface area contributed by atoms with Crippen molar-refractivity contribution in [2.24, 2.45) is 0 Å². The molecular weight excluding hydrogens is 450 g/mol. The Morgan fingerprint density at radius 2 is 1.76 bits per heavy atom. The Kier molecular flexibility index (Phi) is 5.43. The predicted molar refractivity (Wildman–Crippen MR) is 120 cm³/mol. The summed E-state index contributed by atoms with van der Waals surface area (Å²) in [6.07, 6.45) is 0. The van der Waals surface area contributed by atoms with E-state index in [1.165, 1.54) is 18.2 Å². The van der Waals surface area contributed by atoms with Crippen molar-refractivity contribution in [2.75, 3.05) is 37.9 Å². The Morgan fingerprint density at radius 1 is 0.970 bits per heavy atom. The van der Waals surface area contributed by atoms with E-state index in [9.17, 15) is 14.9 Å². The second kappa shape index (κ2) is 8.55. The fourth-order valence-electron chi connectivity index (χ4n) is 3.81. The van der Waals surface area contributed by atoms with Crippen LogP contribution in [0, 0.1) is 10.1 Å². The van der Waals surface area contributed by atoms with Crippen LogP contribution in [0.15, 0.2) is 48.5 Å². The highest BCUT2D eigenvalue weighted by Gasteiger charge is 2.25. The number of nitro groups is 1. The molecule has 1 aromatic heterocycles. The summed E-state index contributed by atoms with van der Waals surface area (Å²) in [6.45, 7) is 2.27. The number of carbonyl (C=O) groups is 1. The molecule has 3 heterocycles. The van der Waals surface area contributed by atoms with Crippen molar-refractivity contribution in [1.82, 2.24) is 15.1 Å². The molecule has 0 saturated carbocycles. The van der Waals surface area contributed by atoms with Gasteiger partial charge in [-0.05, 0) is 42.5 Å². The topological polar surface area (TPSA) is 111 Å². The Bertz CT molecular complexity index is 1230. The summed E-state index contributed by atoms with van der Waals surface area (Å²) in [6, 6.07) is 13.5. The highest BCUT2D eigenvalue weighted by Crippen LogP contribution is 2.35. The molecule has 2 aromatic carbocycles. The molecule has 2 aliphatic rings. The number of hydrogen-bond acceptors (Lipinski definition) is 8. The molecule has 0 unspecified atom stereocenters. The number of hydrogen-bond donors (Lipinski definition) is 0. The Labute approximate surface area is 193 Å². The Hall–Kier alpha value is -3.92. The lowest BCUT2D eigenvalue weighted by atomic mass is 10.1. The highest BCUT2D eigenvalue weighted by molar-refractivity contribution is 6.32. The van der Waals surface area contributed by atoms with Crippen LogP contribution in [0.4, 0.5) is 11.5 Å². The smallest absolute Gasteiger partial charge is 0.288 e. The van der Waals surface area contributed by atoms with Gasteiger partial charge in [0.15, 0.2) is 17.3 Å². The number of aromatic nitrogens is 2. The number of rotatable bonds is 4. The molecule has 0 spiro atoms. The average molecular weight is 468 g/mol. The van der Waals surface area contributed by atoms with Gasteiger partial charge in [0.2, 0.25) is 6.79 Å². The van der Waals surface area contributed by atoms with E-state index in [-0.39, 0.29) is 29.0 Å². The van der Waals surface area contributed by atoms with Crippen molar-refractivity contribution >= 4 is 29.0 Å². The summed E-state index contributed by atoms with van der Waals surface area (Å²) in [5.41, 5.74) is 1.56. The summed E-state index contributed by atoms with van der Waals surface area (Å²) in [5.74, 6) is 1.85. The van der Waals surface area contributed by atoms with E-state index in [1.54, 1.807) is 4.90 Å². The first-order valence-electron chi connectivity index (χ1n) is 10.2. The second-order valence-corrected chi connectivity index (χ2v) is 7.95. The zero-order valence-corrected chi connectivity index (χ0v) is 18.1. The molecule has 1 saturated heterocycles. The molecule has 168 valence electrons. The van der Waals surface area contributed by atoms with Crippen LogP contribution in [0.1, 0.15) is 10.4 Å². The van der Waals surface area contributed by atoms with Crippen molar-refractivity contribution < 1.29 is 19.2 Å². The van der Waals surface area contributed by atoms with Crippen LogP contribution in [-0.4, -0.2) is 58.9 Å². The van der Waals surface area contributed by atoms with Crippen molar-refractivity contribution in [3.8, 4) is 22.8 Å². The van der Waals surface area contributed by atoms with Crippen LogP contribution >= 0.6 is 11.6 Å². The normalized spacial score (nSPS) is 14.9. The first kappa shape index (κ1) is 21.0. The molecule has 2 aliphatic heterocycles. The molecule has 0 radical (unpaired) electrons. The van der Waals surface area contributed by atoms with Crippen LogP contribution in [0.25, 0.3) is 11.3 Å². The minimum Gasteiger partial charge on any atom is -0.454 e. The number of halogens is 1. The third-order valence-electron chi connectivity index (χ3n) is 5.60. The van der Waals surface area contributed by atoms with Crippen LogP contribution in [0.5, 0.6) is 11.5 Å². The van der Waals surface area contributed by atoms with Gasteiger partial charge in [-0.15, -0.1) is 10.2 Å². The Balaban J connectivity index is 1.23. The molecule has 3 aromatic rings. The van der Waals surface area contributed by atoms with Crippen LogP contribution < -0.4 is 14.4 Å². The number of amides is 1. The van der Waals surface area contributed by atoms with E-state index in [1.807, 2.05) is 35.2 Å². The average Bonchev–Trinajstić information content (AvgIpc) is 3.32. The van der Waals surface area contributed by atoms with Gasteiger partial charge in [-0.3, -0.25) is 14.9 Å². The summed E-state index contributed by atoms with van der Waals surface area (Å²) >= 11 is 5.85. The maximum Gasteiger partial charge on any atom is 0.288 e. The maximum absolute atomic E-state index is 12.8. The predicted octanol–water partition coefficient (Wildman–Crippen LogP) is 3.40. The SMILES string of the molecule is O=C(c1ccc(Cl)c([N+](=O)[O-])c1)N1CCN(c2ccc(-c3ccc4c(c3)OCO4)nn2)CC1. The van der Waals surface area contributed by atoms with E-state index < -0.39 is 4.92 Å². The van der Waals surface area contributed by atoms with Gasteiger partial charge < -0.3 is 19.3 Å². The van der Waals surface area contributed by atoms with E-state index in [2.05, 4.69) is 10.2 Å². The molecule has 33 heavy (non-hydrogen) atoms. The van der Waals surface area contributed by atoms with Gasteiger partial charge in [-0.1, -0.05) is 11.6 Å². The number of nitrogens with zero attached hydrogens (tertiary/aromatic N) is 5. The van der Waals surface area contributed by atoms with Crippen LogP contribution in [0.2, 0.25) is 5.02 Å². The highest BCUT2D eigenvalue weighted by atomic mass is 35.5. The summed E-state index contributed by atoms with van der Waals surface area (Å²) in [5, 5.41) is 19.8. The molecule has 0 bridgehead atoms. The Morgan fingerprint density at radius 3 is 2.48 bits per heavy atom. The molecule has 1 fully saturated rings. The minimum atomic E-state index is -0.594. The fourth-order valence-corrected chi connectivity index (χ4v) is 4.00. The van der Waals surface area contributed by atoms with Gasteiger partial charge in [-0.2, -0.15) is 0 Å². The first-order chi connectivity index (χ1) is 16.0. The van der Waals surface area contributed by atoms with Gasteiger partial charge in [0, 0.05) is 43.4 Å². The van der Waals surface area contributed by atoms with Gasteiger partial charge in [0.25, 0.3) is 11.6 Å². The molecule has 1 amide bonds. The van der Waals surface area contributed by atoms with E-state index in [4.69, 9.17) is 21.1 Å². The summed E-state index contributed by atoms with van der Waals surface area (Å²) < 4.78 is 10.7. The van der Waals surface area contributed by atoms with Crippen LogP contribution in [0.3, 0.4) is 0 Å². The quantitative estimate of drug-likeness (QED) is 0.424. The third-order valence-corrected chi connectivity index (χ3v) is 5.92. The van der Waals surface area contributed by atoms with E-state index >= 15 is 0 Å². The first-order valence-corrected chi connectivity index (χ1v) is 10.6. The second-order valence-electron chi connectivity index (χ2n) is 7.55. The number of nitro benzene ring substituents is 1. The molecule has 0 atom stereocenters. The molecule has 0 N–H and O–H groups in total. The minimum absolute atomic E-state index is 0.00383. The van der Waals surface area contributed by atoms with Crippen molar-refractivity contribution in [2.45, 2.75) is 0 Å². The van der Waals surface area contributed by atoms with Crippen molar-refractivity contribution in [1.29, 1.82) is 0 Å². The van der Waals surface area contributed by atoms with Gasteiger partial charge in [0.1, 0.15) is 5.02 Å². The number of anilines is 1. The zero-order valence-electron chi connectivity index (χ0n) is 17.3. The lowest BCUT2D eigenvalue weighted by molar-refractivity contribution is -0.384. The molecule has 10 nitrogen and oxygen atoms in total. The molecular formula is C22H18ClN5O5. The summed E-state index contributed by atoms with van der Waals surface area (Å²) in [7, 11) is 0. The number of carbonyl (C=O) groups excluding carboxylic acids is 1. The van der Waals surface area contributed by atoms with Gasteiger partial charge >= 0.3 is 0 Å². The van der Waals surface area contributed by atoms with E-state index in [0.717, 1.165) is 11.3 Å². The van der Waals surface area contributed by atoms with E-state index in [0.29, 0.717) is 43.5 Å². The van der Waals surface area contributed by atoms with Gasteiger partial charge in [0.05, 0.1) is 10.6 Å². The number of benzene rings is 2.